The maximum absolute atomic E-state index is 3.82. The summed E-state index contributed by atoms with van der Waals surface area (Å²) in [5, 5.41) is 6.02. The molecule has 0 bridgehead atoms. The summed E-state index contributed by atoms with van der Waals surface area (Å²) in [6, 6.07) is 5.86. The van der Waals surface area contributed by atoms with Crippen LogP contribution in [0.1, 0.15) is 38.5 Å². The van der Waals surface area contributed by atoms with Crippen LogP contribution in [-0.2, 0) is 6.42 Å². The van der Waals surface area contributed by atoms with E-state index < -0.39 is 0 Å². The Labute approximate surface area is 127 Å². The summed E-state index contributed by atoms with van der Waals surface area (Å²) in [5.74, 6) is 0.958. The molecule has 1 N–H and O–H groups in total. The Hall–Kier alpha value is -0.380. The van der Waals surface area contributed by atoms with Gasteiger partial charge >= 0.3 is 0 Å². The Morgan fingerprint density at radius 2 is 2.15 bits per heavy atom. The number of rotatable bonds is 4. The quantitative estimate of drug-likeness (QED) is 0.915. The number of nitrogens with zero attached hydrogens (tertiary/aromatic N) is 1. The molecule has 1 saturated heterocycles. The van der Waals surface area contributed by atoms with Crippen LogP contribution in [0, 0.1) is 11.3 Å². The van der Waals surface area contributed by atoms with E-state index in [1.165, 1.54) is 37.2 Å². The molecule has 1 aliphatic carbocycles. The molecule has 0 amide bonds. The van der Waals surface area contributed by atoms with Gasteiger partial charge in [0.15, 0.2) is 0 Å². The zero-order valence-corrected chi connectivity index (χ0v) is 13.9. The molecule has 1 saturated carbocycles. The maximum atomic E-state index is 3.82. The van der Waals surface area contributed by atoms with Crippen LogP contribution in [0.25, 0.3) is 0 Å². The summed E-state index contributed by atoms with van der Waals surface area (Å²) in [7, 11) is 0. The van der Waals surface area contributed by atoms with E-state index in [4.69, 9.17) is 0 Å². The molecule has 2 atom stereocenters. The fraction of sp³-hybridized carbons (Fsp3) is 0.765. The van der Waals surface area contributed by atoms with Gasteiger partial charge in [-0.05, 0) is 42.0 Å². The molecule has 2 heterocycles. The van der Waals surface area contributed by atoms with Crippen LogP contribution in [0.5, 0.6) is 0 Å². The molecular weight excluding hydrogens is 264 g/mol. The molecule has 0 radical (unpaired) electrons. The van der Waals surface area contributed by atoms with Gasteiger partial charge < -0.3 is 5.32 Å². The maximum Gasteiger partial charge on any atom is 0.0269 e. The van der Waals surface area contributed by atoms with E-state index in [9.17, 15) is 0 Å². The fourth-order valence-corrected chi connectivity index (χ4v) is 4.16. The van der Waals surface area contributed by atoms with Gasteiger partial charge in [0.25, 0.3) is 0 Å². The minimum absolute atomic E-state index is 0.358. The first-order valence-electron chi connectivity index (χ1n) is 8.04. The van der Waals surface area contributed by atoms with Crippen molar-refractivity contribution in [1.82, 2.24) is 10.2 Å². The Bertz CT molecular complexity index is 417. The molecule has 2 nitrogen and oxygen atoms in total. The molecule has 20 heavy (non-hydrogen) atoms. The Kier molecular flexibility index (Phi) is 4.21. The first kappa shape index (κ1) is 14.6. The highest BCUT2D eigenvalue weighted by Gasteiger charge is 2.40. The number of hydrogen-bond acceptors (Lipinski definition) is 3. The second-order valence-corrected chi connectivity index (χ2v) is 8.59. The normalized spacial score (nSPS) is 28.8. The van der Waals surface area contributed by atoms with Crippen LogP contribution >= 0.6 is 11.3 Å². The van der Waals surface area contributed by atoms with Crippen molar-refractivity contribution in [3.8, 4) is 0 Å². The van der Waals surface area contributed by atoms with E-state index in [0.29, 0.717) is 11.5 Å². The van der Waals surface area contributed by atoms with Gasteiger partial charge in [-0.2, -0.15) is 0 Å². The largest absolute Gasteiger partial charge is 0.311 e. The third-order valence-electron chi connectivity index (χ3n) is 4.86. The lowest BCUT2D eigenvalue weighted by molar-refractivity contribution is 0.0524. The van der Waals surface area contributed by atoms with Crippen LogP contribution in [0.4, 0.5) is 0 Å². The van der Waals surface area contributed by atoms with E-state index in [1.54, 1.807) is 0 Å². The average molecular weight is 292 g/mol. The highest BCUT2D eigenvalue weighted by atomic mass is 32.1. The van der Waals surface area contributed by atoms with Gasteiger partial charge in [0.2, 0.25) is 0 Å². The minimum atomic E-state index is 0.358. The lowest BCUT2D eigenvalue weighted by Gasteiger charge is -2.46. The molecular formula is C17H28N2S. The number of hydrogen-bond donors (Lipinski definition) is 1. The van der Waals surface area contributed by atoms with E-state index in [2.05, 4.69) is 48.5 Å². The summed E-state index contributed by atoms with van der Waals surface area (Å²) in [5.41, 5.74) is 0.358. The molecule has 3 rings (SSSR count). The standard InChI is InChI=1S/C17H28N2S/c1-17(2,3)16-11-18-15(13-6-7-13)12-19(16)9-8-14-5-4-10-20-14/h4-5,10,13,15-16,18H,6-9,11-12H2,1-3H3. The first-order valence-corrected chi connectivity index (χ1v) is 8.92. The molecule has 0 aromatic carbocycles. The van der Waals surface area contributed by atoms with Crippen molar-refractivity contribution < 1.29 is 0 Å². The van der Waals surface area contributed by atoms with E-state index in [-0.39, 0.29) is 0 Å². The van der Waals surface area contributed by atoms with Crippen LogP contribution in [0.2, 0.25) is 0 Å². The van der Waals surface area contributed by atoms with Crippen molar-refractivity contribution in [2.24, 2.45) is 11.3 Å². The molecule has 1 aromatic heterocycles. The third kappa shape index (κ3) is 3.44. The van der Waals surface area contributed by atoms with Gasteiger partial charge in [0.05, 0.1) is 0 Å². The molecule has 2 fully saturated rings. The highest BCUT2D eigenvalue weighted by Crippen LogP contribution is 2.36. The second kappa shape index (κ2) is 5.78. The Morgan fingerprint density at radius 1 is 1.35 bits per heavy atom. The molecule has 0 spiro atoms. The summed E-state index contributed by atoms with van der Waals surface area (Å²) in [6.07, 6.45) is 4.09. The summed E-state index contributed by atoms with van der Waals surface area (Å²) >= 11 is 1.90. The van der Waals surface area contributed by atoms with Crippen LogP contribution in [0.15, 0.2) is 17.5 Å². The average Bonchev–Trinajstić information content (AvgIpc) is 3.12. The smallest absolute Gasteiger partial charge is 0.0269 e. The second-order valence-electron chi connectivity index (χ2n) is 7.56. The number of piperazine rings is 1. The van der Waals surface area contributed by atoms with Gasteiger partial charge in [0.1, 0.15) is 0 Å². The monoisotopic (exact) mass is 292 g/mol. The zero-order valence-electron chi connectivity index (χ0n) is 13.1. The van der Waals surface area contributed by atoms with Gasteiger partial charge in [-0.3, -0.25) is 4.90 Å². The SMILES string of the molecule is CC(C)(C)C1CNC(C2CC2)CN1CCc1cccs1. The predicted octanol–water partition coefficient (Wildman–Crippen LogP) is 3.39. The van der Waals surface area contributed by atoms with Crippen molar-refractivity contribution in [2.75, 3.05) is 19.6 Å². The summed E-state index contributed by atoms with van der Waals surface area (Å²) < 4.78 is 0. The molecule has 2 unspecified atom stereocenters. The fourth-order valence-electron chi connectivity index (χ4n) is 3.46. The van der Waals surface area contributed by atoms with Crippen molar-refractivity contribution in [2.45, 2.75) is 52.1 Å². The number of nitrogens with one attached hydrogen (secondary N) is 1. The highest BCUT2D eigenvalue weighted by molar-refractivity contribution is 7.09. The molecule has 1 aromatic rings. The van der Waals surface area contributed by atoms with E-state index >= 15 is 0 Å². The van der Waals surface area contributed by atoms with E-state index in [1.807, 2.05) is 11.3 Å². The van der Waals surface area contributed by atoms with E-state index in [0.717, 1.165) is 18.5 Å². The first-order chi connectivity index (χ1) is 9.54. The van der Waals surface area contributed by atoms with Crippen LogP contribution < -0.4 is 5.32 Å². The minimum Gasteiger partial charge on any atom is -0.311 e. The van der Waals surface area contributed by atoms with Crippen molar-refractivity contribution in [3.05, 3.63) is 22.4 Å². The lowest BCUT2D eigenvalue weighted by atomic mass is 9.83. The molecule has 2 aliphatic rings. The topological polar surface area (TPSA) is 15.3 Å². The van der Waals surface area contributed by atoms with Gasteiger partial charge in [-0.1, -0.05) is 26.8 Å². The van der Waals surface area contributed by atoms with Crippen LogP contribution in [0.3, 0.4) is 0 Å². The molecule has 112 valence electrons. The molecule has 1 aliphatic heterocycles. The molecule has 3 heteroatoms. The van der Waals surface area contributed by atoms with Crippen LogP contribution in [-0.4, -0.2) is 36.6 Å². The number of thiophene rings is 1. The zero-order chi connectivity index (χ0) is 14.2. The van der Waals surface area contributed by atoms with Gasteiger partial charge in [0, 0.05) is 36.6 Å². The predicted molar refractivity (Wildman–Crippen MR) is 87.4 cm³/mol. The van der Waals surface area contributed by atoms with Crippen molar-refractivity contribution in [3.63, 3.8) is 0 Å². The third-order valence-corrected chi connectivity index (χ3v) is 5.80. The van der Waals surface area contributed by atoms with Gasteiger partial charge in [-0.15, -0.1) is 11.3 Å². The van der Waals surface area contributed by atoms with Crippen molar-refractivity contribution in [1.29, 1.82) is 0 Å². The Morgan fingerprint density at radius 3 is 2.75 bits per heavy atom. The Balaban J connectivity index is 1.64. The summed E-state index contributed by atoms with van der Waals surface area (Å²) in [6.45, 7) is 10.8. The van der Waals surface area contributed by atoms with Gasteiger partial charge in [-0.25, -0.2) is 0 Å². The summed E-state index contributed by atoms with van der Waals surface area (Å²) in [4.78, 5) is 4.29. The lowest BCUT2D eigenvalue weighted by Crippen LogP contribution is -2.61. The van der Waals surface area contributed by atoms with Crippen molar-refractivity contribution >= 4 is 11.3 Å².